The molecule has 2 nitrogen and oxygen atoms in total. The third-order valence-electron chi connectivity index (χ3n) is 2.36. The molecule has 0 saturated heterocycles. The second kappa shape index (κ2) is 4.36. The van der Waals surface area contributed by atoms with Gasteiger partial charge in [0.25, 0.3) is 0 Å². The molecule has 0 radical (unpaired) electrons. The quantitative estimate of drug-likeness (QED) is 0.832. The van der Waals surface area contributed by atoms with Gasteiger partial charge in [-0.15, -0.1) is 12.4 Å². The van der Waals surface area contributed by atoms with Crippen molar-refractivity contribution in [2.75, 3.05) is 0 Å². The van der Waals surface area contributed by atoms with Crippen molar-refractivity contribution >= 4 is 23.2 Å². The molecular formula is C12H14ClFN2. The lowest BCUT2D eigenvalue weighted by Gasteiger charge is -2.19. The van der Waals surface area contributed by atoms with Crippen LogP contribution in [-0.2, 0) is 5.54 Å². The predicted molar refractivity (Wildman–Crippen MR) is 66.2 cm³/mol. The summed E-state index contributed by atoms with van der Waals surface area (Å²) in [5, 5.41) is 1.35. The Labute approximate surface area is 100 Å². The van der Waals surface area contributed by atoms with Crippen LogP contribution in [0, 0.1) is 5.82 Å². The molecule has 2 N–H and O–H groups in total. The van der Waals surface area contributed by atoms with Gasteiger partial charge in [-0.25, -0.2) is 4.39 Å². The van der Waals surface area contributed by atoms with Crippen LogP contribution in [0.1, 0.15) is 19.5 Å². The van der Waals surface area contributed by atoms with Crippen LogP contribution in [0.2, 0.25) is 0 Å². The van der Waals surface area contributed by atoms with Gasteiger partial charge >= 0.3 is 0 Å². The minimum atomic E-state index is -0.562. The molecule has 0 bridgehead atoms. The molecule has 2 rings (SSSR count). The topological polar surface area (TPSA) is 38.9 Å². The molecule has 16 heavy (non-hydrogen) atoms. The molecule has 1 aromatic heterocycles. The molecule has 0 aliphatic carbocycles. The SMILES string of the molecule is CC(C)(N)c1ncc(F)c2ccccc12.Cl. The second-order valence-corrected chi connectivity index (χ2v) is 4.22. The zero-order chi connectivity index (χ0) is 11.1. The maximum absolute atomic E-state index is 13.5. The Morgan fingerprint density at radius 2 is 1.75 bits per heavy atom. The summed E-state index contributed by atoms with van der Waals surface area (Å²) in [6, 6.07) is 7.24. The summed E-state index contributed by atoms with van der Waals surface area (Å²) in [7, 11) is 0. The highest BCUT2D eigenvalue weighted by Crippen LogP contribution is 2.25. The summed E-state index contributed by atoms with van der Waals surface area (Å²) >= 11 is 0. The number of hydrogen-bond donors (Lipinski definition) is 1. The van der Waals surface area contributed by atoms with Crippen LogP contribution in [0.25, 0.3) is 10.8 Å². The number of aromatic nitrogens is 1. The Morgan fingerprint density at radius 3 is 2.31 bits per heavy atom. The highest BCUT2D eigenvalue weighted by molar-refractivity contribution is 5.86. The molecule has 0 amide bonds. The Bertz CT molecular complexity index is 506. The van der Waals surface area contributed by atoms with Gasteiger partial charge in [0.15, 0.2) is 0 Å². The summed E-state index contributed by atoms with van der Waals surface area (Å²) in [5.41, 5.74) is 6.15. The number of nitrogens with two attached hydrogens (primary N) is 1. The molecule has 0 unspecified atom stereocenters. The lowest BCUT2D eigenvalue weighted by atomic mass is 9.96. The second-order valence-electron chi connectivity index (χ2n) is 4.22. The zero-order valence-electron chi connectivity index (χ0n) is 9.20. The first-order valence-electron chi connectivity index (χ1n) is 4.83. The minimum Gasteiger partial charge on any atom is -0.321 e. The van der Waals surface area contributed by atoms with Crippen molar-refractivity contribution in [3.63, 3.8) is 0 Å². The fourth-order valence-electron chi connectivity index (χ4n) is 1.67. The molecule has 1 heterocycles. The number of halogens is 2. The summed E-state index contributed by atoms with van der Waals surface area (Å²) in [6.45, 7) is 3.72. The monoisotopic (exact) mass is 240 g/mol. The summed E-state index contributed by atoms with van der Waals surface area (Å²) < 4.78 is 13.5. The third-order valence-corrected chi connectivity index (χ3v) is 2.36. The van der Waals surface area contributed by atoms with Gasteiger partial charge in [0.1, 0.15) is 5.82 Å². The maximum Gasteiger partial charge on any atom is 0.149 e. The molecule has 2 aromatic rings. The zero-order valence-corrected chi connectivity index (χ0v) is 10.0. The van der Waals surface area contributed by atoms with Crippen molar-refractivity contribution in [2.24, 2.45) is 5.73 Å². The van der Waals surface area contributed by atoms with Crippen LogP contribution in [0.5, 0.6) is 0 Å². The average molecular weight is 241 g/mol. The predicted octanol–water partition coefficient (Wildman–Crippen LogP) is 2.99. The van der Waals surface area contributed by atoms with E-state index < -0.39 is 5.54 Å². The molecule has 1 aromatic carbocycles. The van der Waals surface area contributed by atoms with Gasteiger partial charge in [-0.05, 0) is 13.8 Å². The van der Waals surface area contributed by atoms with Gasteiger partial charge < -0.3 is 5.73 Å². The number of nitrogens with zero attached hydrogens (tertiary/aromatic N) is 1. The van der Waals surface area contributed by atoms with Crippen molar-refractivity contribution in [3.8, 4) is 0 Å². The molecule has 4 heteroatoms. The van der Waals surface area contributed by atoms with Crippen molar-refractivity contribution < 1.29 is 4.39 Å². The molecule has 0 fully saturated rings. The first-order valence-corrected chi connectivity index (χ1v) is 4.83. The van der Waals surface area contributed by atoms with E-state index in [9.17, 15) is 4.39 Å². The number of hydrogen-bond acceptors (Lipinski definition) is 2. The Morgan fingerprint density at radius 1 is 1.19 bits per heavy atom. The number of benzene rings is 1. The van der Waals surface area contributed by atoms with Gasteiger partial charge in [-0.3, -0.25) is 4.98 Å². The number of fused-ring (bicyclic) bond motifs is 1. The van der Waals surface area contributed by atoms with E-state index in [0.717, 1.165) is 11.1 Å². The van der Waals surface area contributed by atoms with Gasteiger partial charge in [-0.2, -0.15) is 0 Å². The van der Waals surface area contributed by atoms with Gasteiger partial charge in [0.2, 0.25) is 0 Å². The maximum atomic E-state index is 13.5. The Kier molecular flexibility index (Phi) is 3.51. The van der Waals surface area contributed by atoms with Crippen LogP contribution in [-0.4, -0.2) is 4.98 Å². The van der Waals surface area contributed by atoms with Crippen molar-refractivity contribution in [3.05, 3.63) is 42.0 Å². The van der Waals surface area contributed by atoms with Crippen LogP contribution >= 0.6 is 12.4 Å². The molecule has 0 atom stereocenters. The number of rotatable bonds is 1. The molecule has 0 aliphatic heterocycles. The fourth-order valence-corrected chi connectivity index (χ4v) is 1.67. The van der Waals surface area contributed by atoms with Crippen molar-refractivity contribution in [2.45, 2.75) is 19.4 Å². The van der Waals surface area contributed by atoms with E-state index in [0.29, 0.717) is 5.39 Å². The first kappa shape index (κ1) is 12.9. The van der Waals surface area contributed by atoms with E-state index in [1.54, 1.807) is 12.1 Å². The van der Waals surface area contributed by atoms with Gasteiger partial charge in [-0.1, -0.05) is 24.3 Å². The van der Waals surface area contributed by atoms with Crippen molar-refractivity contribution in [1.29, 1.82) is 0 Å². The first-order chi connectivity index (χ1) is 7.00. The third kappa shape index (κ3) is 2.15. The van der Waals surface area contributed by atoms with E-state index in [-0.39, 0.29) is 18.2 Å². The molecule has 86 valence electrons. The molecular weight excluding hydrogens is 227 g/mol. The van der Waals surface area contributed by atoms with E-state index in [1.165, 1.54) is 6.20 Å². The molecule has 0 saturated carbocycles. The van der Waals surface area contributed by atoms with Crippen LogP contribution in [0.4, 0.5) is 4.39 Å². The largest absolute Gasteiger partial charge is 0.321 e. The standard InChI is InChI=1S/C12H13FN2.ClH/c1-12(2,14)11-9-6-4-3-5-8(9)10(13)7-15-11;/h3-7H,14H2,1-2H3;1H. The normalized spacial score (nSPS) is 11.2. The van der Waals surface area contributed by atoms with E-state index in [2.05, 4.69) is 4.98 Å². The van der Waals surface area contributed by atoms with Crippen LogP contribution in [0.3, 0.4) is 0 Å². The Balaban J connectivity index is 0.00000128. The Hall–Kier alpha value is -1.19. The highest BCUT2D eigenvalue weighted by Gasteiger charge is 2.19. The van der Waals surface area contributed by atoms with Gasteiger partial charge in [0, 0.05) is 10.8 Å². The lowest BCUT2D eigenvalue weighted by molar-refractivity contribution is 0.537. The lowest BCUT2D eigenvalue weighted by Crippen LogP contribution is -2.30. The fraction of sp³-hybridized carbons (Fsp3) is 0.250. The smallest absolute Gasteiger partial charge is 0.149 e. The van der Waals surface area contributed by atoms with Crippen molar-refractivity contribution in [1.82, 2.24) is 4.98 Å². The molecule has 0 spiro atoms. The number of pyridine rings is 1. The highest BCUT2D eigenvalue weighted by atomic mass is 35.5. The van der Waals surface area contributed by atoms with Crippen LogP contribution < -0.4 is 5.73 Å². The van der Waals surface area contributed by atoms with E-state index in [1.807, 2.05) is 26.0 Å². The average Bonchev–Trinajstić information content (AvgIpc) is 2.17. The van der Waals surface area contributed by atoms with E-state index in [4.69, 9.17) is 5.73 Å². The van der Waals surface area contributed by atoms with E-state index >= 15 is 0 Å². The summed E-state index contributed by atoms with van der Waals surface area (Å²) in [5.74, 6) is -0.307. The minimum absolute atomic E-state index is 0. The van der Waals surface area contributed by atoms with Crippen LogP contribution in [0.15, 0.2) is 30.5 Å². The summed E-state index contributed by atoms with van der Waals surface area (Å²) in [4.78, 5) is 4.08. The summed E-state index contributed by atoms with van der Waals surface area (Å²) in [6.07, 6.45) is 1.23. The van der Waals surface area contributed by atoms with Gasteiger partial charge in [0.05, 0.1) is 17.4 Å². The molecule has 0 aliphatic rings.